The molecule has 1 atom stereocenters. The first kappa shape index (κ1) is 29.5. The van der Waals surface area contributed by atoms with Gasteiger partial charge in [0.15, 0.2) is 0 Å². The Labute approximate surface area is 234 Å². The Kier molecular flexibility index (Phi) is 9.46. The molecule has 0 heterocycles. The van der Waals surface area contributed by atoms with Gasteiger partial charge >= 0.3 is 0 Å². The number of carbonyl (C=O) groups is 2. The van der Waals surface area contributed by atoms with Gasteiger partial charge in [-0.2, -0.15) is 0 Å². The lowest BCUT2D eigenvalue weighted by Gasteiger charge is -2.33. The topological polar surface area (TPSA) is 86.8 Å². The van der Waals surface area contributed by atoms with Gasteiger partial charge in [0.2, 0.25) is 11.8 Å². The average molecular weight is 577 g/mol. The van der Waals surface area contributed by atoms with Crippen molar-refractivity contribution in [2.45, 2.75) is 50.7 Å². The summed E-state index contributed by atoms with van der Waals surface area (Å²) >= 11 is 12.1. The van der Waals surface area contributed by atoms with Gasteiger partial charge in [-0.25, -0.2) is 8.42 Å². The van der Waals surface area contributed by atoms with Crippen LogP contribution in [0.25, 0.3) is 0 Å². The van der Waals surface area contributed by atoms with E-state index in [1.54, 1.807) is 25.1 Å². The van der Waals surface area contributed by atoms with Crippen molar-refractivity contribution < 1.29 is 18.0 Å². The Balaban J connectivity index is 2.03. The van der Waals surface area contributed by atoms with Crippen molar-refractivity contribution in [3.63, 3.8) is 0 Å². The van der Waals surface area contributed by atoms with Crippen LogP contribution in [0.5, 0.6) is 0 Å². The number of nitrogens with one attached hydrogen (secondary N) is 1. The quantitative estimate of drug-likeness (QED) is 0.364. The predicted octanol–water partition coefficient (Wildman–Crippen LogP) is 5.52. The predicted molar refractivity (Wildman–Crippen MR) is 152 cm³/mol. The maximum atomic E-state index is 13.8. The first-order valence-corrected chi connectivity index (χ1v) is 14.2. The molecule has 0 aromatic heterocycles. The molecule has 3 rings (SSSR count). The van der Waals surface area contributed by atoms with Gasteiger partial charge in [0.1, 0.15) is 12.6 Å². The molecule has 3 aromatic rings. The summed E-state index contributed by atoms with van der Waals surface area (Å²) in [5, 5.41) is 3.59. The van der Waals surface area contributed by atoms with Crippen LogP contribution in [0.3, 0.4) is 0 Å². The van der Waals surface area contributed by atoms with E-state index < -0.39 is 34.1 Å². The Morgan fingerprint density at radius 2 is 1.53 bits per heavy atom. The molecule has 0 radical (unpaired) electrons. The van der Waals surface area contributed by atoms with Gasteiger partial charge in [-0.05, 0) is 75.7 Å². The minimum atomic E-state index is -4.20. The van der Waals surface area contributed by atoms with Gasteiger partial charge in [0, 0.05) is 22.1 Å². The van der Waals surface area contributed by atoms with Crippen LogP contribution in [0.15, 0.2) is 83.8 Å². The minimum Gasteiger partial charge on any atom is -0.350 e. The number of nitrogens with zero attached hydrogens (tertiary/aromatic N) is 2. The van der Waals surface area contributed by atoms with E-state index in [1.165, 1.54) is 35.2 Å². The molecule has 0 fully saturated rings. The Bertz CT molecular complexity index is 1380. The molecule has 3 aromatic carbocycles. The molecular weight excluding hydrogens is 545 g/mol. The van der Waals surface area contributed by atoms with E-state index in [2.05, 4.69) is 5.32 Å². The monoisotopic (exact) mass is 575 g/mol. The molecule has 0 unspecified atom stereocenters. The second-order valence-corrected chi connectivity index (χ2v) is 12.6. The Morgan fingerprint density at radius 3 is 2.11 bits per heavy atom. The maximum Gasteiger partial charge on any atom is 0.264 e. The number of hydrogen-bond donors (Lipinski definition) is 1. The summed E-state index contributed by atoms with van der Waals surface area (Å²) in [6.07, 6.45) is 0. The van der Waals surface area contributed by atoms with Gasteiger partial charge in [-0.3, -0.25) is 13.9 Å². The lowest BCUT2D eigenvalue weighted by atomic mass is 10.1. The summed E-state index contributed by atoms with van der Waals surface area (Å²) in [6, 6.07) is 20.3. The molecule has 0 aliphatic heterocycles. The number of rotatable bonds is 9. The van der Waals surface area contributed by atoms with Gasteiger partial charge in [0.05, 0.1) is 10.6 Å². The summed E-state index contributed by atoms with van der Waals surface area (Å²) in [6.45, 7) is 6.73. The van der Waals surface area contributed by atoms with Crippen LogP contribution >= 0.6 is 23.2 Å². The highest BCUT2D eigenvalue weighted by Gasteiger charge is 2.33. The van der Waals surface area contributed by atoms with E-state index >= 15 is 0 Å². The molecule has 1 N–H and O–H groups in total. The molecule has 0 aliphatic rings. The molecule has 0 saturated carbocycles. The van der Waals surface area contributed by atoms with Crippen molar-refractivity contribution >= 4 is 50.7 Å². The van der Waals surface area contributed by atoms with Crippen LogP contribution in [0.2, 0.25) is 10.0 Å². The molecule has 0 bridgehead atoms. The third kappa shape index (κ3) is 7.72. The molecule has 38 heavy (non-hydrogen) atoms. The van der Waals surface area contributed by atoms with Gasteiger partial charge in [-0.15, -0.1) is 0 Å². The molecule has 0 aliphatic carbocycles. The second kappa shape index (κ2) is 12.2. The van der Waals surface area contributed by atoms with Crippen molar-refractivity contribution in [1.29, 1.82) is 0 Å². The molecule has 7 nitrogen and oxygen atoms in total. The van der Waals surface area contributed by atoms with Crippen LogP contribution in [0.4, 0.5) is 5.69 Å². The van der Waals surface area contributed by atoms with Crippen LogP contribution in [0.1, 0.15) is 33.3 Å². The van der Waals surface area contributed by atoms with Crippen molar-refractivity contribution in [3.8, 4) is 0 Å². The molecule has 0 saturated heterocycles. The zero-order valence-corrected chi connectivity index (χ0v) is 24.0. The zero-order chi connectivity index (χ0) is 28.1. The standard InChI is InChI=1S/C28H31Cl2N3O4S/c1-20(27(35)31-28(2,3)4)32(18-21-9-6-5-7-10-21)26(34)19-33(24-12-8-11-23(30)17-24)38(36,37)25-15-13-22(29)14-16-25/h5-17,20H,18-19H2,1-4H3,(H,31,35)/t20-/m1/s1. The number of anilines is 1. The number of carbonyl (C=O) groups excluding carboxylic acids is 2. The van der Waals surface area contributed by atoms with E-state index in [0.29, 0.717) is 10.0 Å². The van der Waals surface area contributed by atoms with Crippen LogP contribution in [-0.4, -0.2) is 43.3 Å². The van der Waals surface area contributed by atoms with E-state index in [1.807, 2.05) is 51.1 Å². The van der Waals surface area contributed by atoms with Crippen molar-refractivity contribution in [3.05, 3.63) is 94.5 Å². The largest absolute Gasteiger partial charge is 0.350 e. The summed E-state index contributed by atoms with van der Waals surface area (Å²) in [7, 11) is -4.20. The SMILES string of the molecule is C[C@H](C(=O)NC(C)(C)C)N(Cc1ccccc1)C(=O)CN(c1cccc(Cl)c1)S(=O)(=O)c1ccc(Cl)cc1. The van der Waals surface area contributed by atoms with E-state index in [0.717, 1.165) is 9.87 Å². The maximum absolute atomic E-state index is 13.8. The number of amides is 2. The van der Waals surface area contributed by atoms with Gasteiger partial charge < -0.3 is 10.2 Å². The molecular formula is C28H31Cl2N3O4S. The number of hydrogen-bond acceptors (Lipinski definition) is 4. The zero-order valence-electron chi connectivity index (χ0n) is 21.7. The molecule has 10 heteroatoms. The van der Waals surface area contributed by atoms with Crippen molar-refractivity contribution in [2.24, 2.45) is 0 Å². The lowest BCUT2D eigenvalue weighted by Crippen LogP contribution is -2.54. The van der Waals surface area contributed by atoms with Gasteiger partial charge in [0.25, 0.3) is 10.0 Å². The molecule has 2 amide bonds. The Hall–Kier alpha value is -3.07. The van der Waals surface area contributed by atoms with Crippen LogP contribution < -0.4 is 9.62 Å². The third-order valence-corrected chi connectivity index (χ3v) is 7.91. The highest BCUT2D eigenvalue weighted by molar-refractivity contribution is 7.92. The number of benzene rings is 3. The molecule has 202 valence electrons. The minimum absolute atomic E-state index is 0.0391. The highest BCUT2D eigenvalue weighted by Crippen LogP contribution is 2.27. The van der Waals surface area contributed by atoms with E-state index in [-0.39, 0.29) is 23.0 Å². The third-order valence-electron chi connectivity index (χ3n) is 5.64. The summed E-state index contributed by atoms with van der Waals surface area (Å²) in [4.78, 5) is 28.3. The fourth-order valence-corrected chi connectivity index (χ4v) is 5.45. The first-order chi connectivity index (χ1) is 17.8. The Morgan fingerprint density at radius 1 is 0.895 bits per heavy atom. The number of halogens is 2. The average Bonchev–Trinajstić information content (AvgIpc) is 2.85. The summed E-state index contributed by atoms with van der Waals surface area (Å²) in [5.41, 5.74) is 0.496. The van der Waals surface area contributed by atoms with Crippen molar-refractivity contribution in [1.82, 2.24) is 10.2 Å². The van der Waals surface area contributed by atoms with E-state index in [9.17, 15) is 18.0 Å². The van der Waals surface area contributed by atoms with Gasteiger partial charge in [-0.1, -0.05) is 59.6 Å². The normalized spacial score (nSPS) is 12.5. The van der Waals surface area contributed by atoms with E-state index in [4.69, 9.17) is 23.2 Å². The smallest absolute Gasteiger partial charge is 0.264 e. The summed E-state index contributed by atoms with van der Waals surface area (Å²) < 4.78 is 28.5. The highest BCUT2D eigenvalue weighted by atomic mass is 35.5. The lowest BCUT2D eigenvalue weighted by molar-refractivity contribution is -0.140. The van der Waals surface area contributed by atoms with Crippen LogP contribution in [-0.2, 0) is 26.2 Å². The molecule has 0 spiro atoms. The second-order valence-electron chi connectivity index (χ2n) is 9.87. The van der Waals surface area contributed by atoms with Crippen LogP contribution in [0, 0.1) is 0 Å². The fourth-order valence-electron chi connectivity index (χ4n) is 3.73. The summed E-state index contributed by atoms with van der Waals surface area (Å²) in [5.74, 6) is -0.903. The fraction of sp³-hybridized carbons (Fsp3) is 0.286. The van der Waals surface area contributed by atoms with Crippen molar-refractivity contribution in [2.75, 3.05) is 10.8 Å². The first-order valence-electron chi connectivity index (χ1n) is 12.0. The number of sulfonamides is 1.